The highest BCUT2D eigenvalue weighted by Gasteiger charge is 2.15. The Kier molecular flexibility index (Phi) is 5.17. The lowest BCUT2D eigenvalue weighted by Gasteiger charge is -2.09. The van der Waals surface area contributed by atoms with Gasteiger partial charge in [0.15, 0.2) is 0 Å². The van der Waals surface area contributed by atoms with E-state index in [9.17, 15) is 13.6 Å². The average molecular weight is 354 g/mol. The van der Waals surface area contributed by atoms with Crippen LogP contribution in [0.15, 0.2) is 54.7 Å². The third-order valence-electron chi connectivity index (χ3n) is 3.71. The van der Waals surface area contributed by atoms with Crippen LogP contribution in [0.1, 0.15) is 23.0 Å². The minimum Gasteiger partial charge on any atom is -0.324 e. The number of nitrogens with zero attached hydrogens (tertiary/aromatic N) is 2. The summed E-state index contributed by atoms with van der Waals surface area (Å²) < 4.78 is 27.3. The van der Waals surface area contributed by atoms with E-state index in [4.69, 9.17) is 0 Å². The Balaban J connectivity index is 1.76. The number of amides is 1. The van der Waals surface area contributed by atoms with Crippen molar-refractivity contribution in [3.63, 3.8) is 0 Å². The topological polar surface area (TPSA) is 66.9 Å². The van der Waals surface area contributed by atoms with Gasteiger partial charge in [-0.3, -0.25) is 4.79 Å². The van der Waals surface area contributed by atoms with Gasteiger partial charge in [0, 0.05) is 11.9 Å². The summed E-state index contributed by atoms with van der Waals surface area (Å²) in [7, 11) is 0. The largest absolute Gasteiger partial charge is 0.324 e. The van der Waals surface area contributed by atoms with E-state index < -0.39 is 23.2 Å². The van der Waals surface area contributed by atoms with Crippen molar-refractivity contribution in [2.24, 2.45) is 0 Å². The molecule has 2 N–H and O–H groups in total. The monoisotopic (exact) mass is 354 g/mol. The van der Waals surface area contributed by atoms with Gasteiger partial charge in [-0.25, -0.2) is 18.7 Å². The number of carbonyl (C=O) groups excluding carboxylic acids is 1. The first kappa shape index (κ1) is 17.5. The molecule has 3 aromatic rings. The molecule has 2 aromatic carbocycles. The van der Waals surface area contributed by atoms with Crippen molar-refractivity contribution in [2.45, 2.75) is 13.3 Å². The van der Waals surface area contributed by atoms with Gasteiger partial charge in [-0.05, 0) is 42.3 Å². The second-order valence-corrected chi connectivity index (χ2v) is 5.49. The Bertz CT molecular complexity index is 909. The summed E-state index contributed by atoms with van der Waals surface area (Å²) in [5.74, 6) is -2.25. The number of carbonyl (C=O) groups is 1. The minimum absolute atomic E-state index is 0.0182. The number of benzene rings is 2. The van der Waals surface area contributed by atoms with E-state index in [0.717, 1.165) is 24.2 Å². The van der Waals surface area contributed by atoms with Crippen LogP contribution in [0.25, 0.3) is 0 Å². The van der Waals surface area contributed by atoms with Crippen molar-refractivity contribution in [2.75, 3.05) is 10.6 Å². The SMILES string of the molecule is CCc1ccc(Nc2nccc(C(=O)Nc3c(F)cccc3F)n2)cc1. The molecule has 26 heavy (non-hydrogen) atoms. The first-order chi connectivity index (χ1) is 12.6. The Morgan fingerprint density at radius 2 is 1.73 bits per heavy atom. The number of aryl methyl sites for hydroxylation is 1. The predicted octanol–water partition coefficient (Wildman–Crippen LogP) is 4.31. The zero-order valence-electron chi connectivity index (χ0n) is 14.0. The summed E-state index contributed by atoms with van der Waals surface area (Å²) in [4.78, 5) is 20.4. The molecule has 0 fully saturated rings. The molecule has 1 amide bonds. The summed E-state index contributed by atoms with van der Waals surface area (Å²) >= 11 is 0. The normalized spacial score (nSPS) is 10.4. The van der Waals surface area contributed by atoms with E-state index in [-0.39, 0.29) is 11.6 Å². The lowest BCUT2D eigenvalue weighted by Crippen LogP contribution is -2.16. The van der Waals surface area contributed by atoms with Gasteiger partial charge < -0.3 is 10.6 Å². The van der Waals surface area contributed by atoms with Gasteiger partial charge in [-0.15, -0.1) is 0 Å². The highest BCUT2D eigenvalue weighted by atomic mass is 19.1. The molecular weight excluding hydrogens is 338 g/mol. The molecule has 132 valence electrons. The maximum absolute atomic E-state index is 13.7. The number of halogens is 2. The van der Waals surface area contributed by atoms with Crippen LogP contribution in [-0.2, 0) is 6.42 Å². The molecule has 0 radical (unpaired) electrons. The zero-order chi connectivity index (χ0) is 18.5. The molecule has 0 aliphatic rings. The Morgan fingerprint density at radius 1 is 1.04 bits per heavy atom. The van der Waals surface area contributed by atoms with Crippen molar-refractivity contribution in [3.8, 4) is 0 Å². The van der Waals surface area contributed by atoms with Crippen LogP contribution in [0.2, 0.25) is 0 Å². The van der Waals surface area contributed by atoms with Crippen LogP contribution in [0.4, 0.5) is 26.1 Å². The lowest BCUT2D eigenvalue weighted by atomic mass is 10.1. The highest BCUT2D eigenvalue weighted by molar-refractivity contribution is 6.03. The number of hydrogen-bond donors (Lipinski definition) is 2. The van der Waals surface area contributed by atoms with Crippen molar-refractivity contribution in [1.29, 1.82) is 0 Å². The van der Waals surface area contributed by atoms with Crippen LogP contribution in [0.3, 0.4) is 0 Å². The Morgan fingerprint density at radius 3 is 2.38 bits per heavy atom. The summed E-state index contributed by atoms with van der Waals surface area (Å²) in [5.41, 5.74) is 1.42. The van der Waals surface area contributed by atoms with Crippen molar-refractivity contribution in [3.05, 3.63) is 77.6 Å². The van der Waals surface area contributed by atoms with E-state index >= 15 is 0 Å². The molecule has 0 saturated carbocycles. The lowest BCUT2D eigenvalue weighted by molar-refractivity contribution is 0.102. The molecule has 1 heterocycles. The fourth-order valence-electron chi connectivity index (χ4n) is 2.29. The van der Waals surface area contributed by atoms with E-state index in [1.165, 1.54) is 23.9 Å². The first-order valence-corrected chi connectivity index (χ1v) is 8.01. The second kappa shape index (κ2) is 7.69. The average Bonchev–Trinajstić information content (AvgIpc) is 2.65. The third-order valence-corrected chi connectivity index (χ3v) is 3.71. The highest BCUT2D eigenvalue weighted by Crippen LogP contribution is 2.19. The van der Waals surface area contributed by atoms with E-state index in [2.05, 4.69) is 27.5 Å². The summed E-state index contributed by atoms with van der Waals surface area (Å²) in [6.07, 6.45) is 2.32. The van der Waals surface area contributed by atoms with Gasteiger partial charge in [0.25, 0.3) is 5.91 Å². The van der Waals surface area contributed by atoms with E-state index in [1.54, 1.807) is 0 Å². The fourth-order valence-corrected chi connectivity index (χ4v) is 2.29. The fraction of sp³-hybridized carbons (Fsp3) is 0.105. The molecule has 5 nitrogen and oxygen atoms in total. The molecule has 0 aliphatic carbocycles. The van der Waals surface area contributed by atoms with Gasteiger partial charge in [0.2, 0.25) is 5.95 Å². The predicted molar refractivity (Wildman–Crippen MR) is 95.4 cm³/mol. The van der Waals surface area contributed by atoms with Gasteiger partial charge in [-0.2, -0.15) is 0 Å². The zero-order valence-corrected chi connectivity index (χ0v) is 14.0. The number of anilines is 3. The number of hydrogen-bond acceptors (Lipinski definition) is 4. The molecule has 0 atom stereocenters. The van der Waals surface area contributed by atoms with Gasteiger partial charge >= 0.3 is 0 Å². The molecule has 3 rings (SSSR count). The number of nitrogens with one attached hydrogen (secondary N) is 2. The molecule has 1 aromatic heterocycles. The van der Waals surface area contributed by atoms with Crippen LogP contribution >= 0.6 is 0 Å². The summed E-state index contributed by atoms with van der Waals surface area (Å²) in [6, 6.07) is 12.4. The Hall–Kier alpha value is -3.35. The second-order valence-electron chi connectivity index (χ2n) is 5.49. The van der Waals surface area contributed by atoms with Crippen molar-refractivity contribution in [1.82, 2.24) is 9.97 Å². The number of aromatic nitrogens is 2. The first-order valence-electron chi connectivity index (χ1n) is 8.01. The third kappa shape index (κ3) is 4.00. The molecule has 0 unspecified atom stereocenters. The number of rotatable bonds is 5. The van der Waals surface area contributed by atoms with Crippen LogP contribution in [-0.4, -0.2) is 15.9 Å². The van der Waals surface area contributed by atoms with E-state index in [0.29, 0.717) is 0 Å². The van der Waals surface area contributed by atoms with Crippen LogP contribution in [0, 0.1) is 11.6 Å². The van der Waals surface area contributed by atoms with Gasteiger partial charge in [-0.1, -0.05) is 25.1 Å². The van der Waals surface area contributed by atoms with E-state index in [1.807, 2.05) is 24.3 Å². The molecule has 0 saturated heterocycles. The van der Waals surface area contributed by atoms with Crippen LogP contribution < -0.4 is 10.6 Å². The molecule has 0 aliphatic heterocycles. The maximum Gasteiger partial charge on any atom is 0.274 e. The maximum atomic E-state index is 13.7. The summed E-state index contributed by atoms with van der Waals surface area (Å²) in [6.45, 7) is 2.06. The quantitative estimate of drug-likeness (QED) is 0.716. The van der Waals surface area contributed by atoms with Crippen LogP contribution in [0.5, 0.6) is 0 Å². The van der Waals surface area contributed by atoms with Crippen molar-refractivity contribution < 1.29 is 13.6 Å². The minimum atomic E-state index is -0.859. The Labute approximate surface area is 149 Å². The smallest absolute Gasteiger partial charge is 0.274 e. The van der Waals surface area contributed by atoms with Gasteiger partial charge in [0.1, 0.15) is 23.0 Å². The van der Waals surface area contributed by atoms with Crippen molar-refractivity contribution >= 4 is 23.2 Å². The molecular formula is C19H16F2N4O. The standard InChI is InChI=1S/C19H16F2N4O/c1-2-12-6-8-13(9-7-12)23-19-22-11-10-16(24-19)18(26)25-17-14(20)4-3-5-15(17)21/h3-11H,2H2,1H3,(H,25,26)(H,22,23,24). The summed E-state index contributed by atoms with van der Waals surface area (Å²) in [5, 5.41) is 5.18. The molecule has 0 bridgehead atoms. The molecule has 0 spiro atoms. The van der Waals surface area contributed by atoms with Gasteiger partial charge in [0.05, 0.1) is 0 Å². The molecule has 7 heteroatoms. The number of para-hydroxylation sites is 1.